The average Bonchev–Trinajstić information content (AvgIpc) is 3.12. The first-order chi connectivity index (χ1) is 16.9. The van der Waals surface area contributed by atoms with Crippen LogP contribution in [0.3, 0.4) is 0 Å². The lowest BCUT2D eigenvalue weighted by Crippen LogP contribution is -2.27. The maximum atomic E-state index is 13.0. The highest BCUT2D eigenvalue weighted by Crippen LogP contribution is 2.40. The van der Waals surface area contributed by atoms with Crippen molar-refractivity contribution in [2.45, 2.75) is 0 Å². The SMILES string of the molecule is COc1cc(/C=C2\SC(=S)N(c3ccccc3)C2=O)cc(Cl)c1OCC(=O)Nc1ccc(Cl)cc1. The molecule has 1 N–H and O–H groups in total. The summed E-state index contributed by atoms with van der Waals surface area (Å²) in [5.74, 6) is -0.0596. The van der Waals surface area contributed by atoms with E-state index in [-0.39, 0.29) is 29.2 Å². The van der Waals surface area contributed by atoms with E-state index in [9.17, 15) is 9.59 Å². The first kappa shape index (κ1) is 25.1. The highest BCUT2D eigenvalue weighted by molar-refractivity contribution is 8.27. The number of hydrogen-bond acceptors (Lipinski definition) is 6. The van der Waals surface area contributed by atoms with E-state index in [1.165, 1.54) is 23.8 Å². The topological polar surface area (TPSA) is 67.9 Å². The smallest absolute Gasteiger partial charge is 0.270 e. The maximum absolute atomic E-state index is 13.0. The van der Waals surface area contributed by atoms with E-state index in [4.69, 9.17) is 44.9 Å². The largest absolute Gasteiger partial charge is 0.493 e. The second-order valence-electron chi connectivity index (χ2n) is 7.23. The van der Waals surface area contributed by atoms with E-state index in [0.717, 1.165) is 0 Å². The van der Waals surface area contributed by atoms with Gasteiger partial charge < -0.3 is 14.8 Å². The highest BCUT2D eigenvalue weighted by atomic mass is 35.5. The number of thioether (sulfide) groups is 1. The van der Waals surface area contributed by atoms with Crippen LogP contribution in [0, 0.1) is 0 Å². The number of amides is 2. The van der Waals surface area contributed by atoms with Crippen molar-refractivity contribution in [2.24, 2.45) is 0 Å². The van der Waals surface area contributed by atoms with Crippen molar-refractivity contribution in [2.75, 3.05) is 23.9 Å². The van der Waals surface area contributed by atoms with Crippen LogP contribution in [0.5, 0.6) is 11.5 Å². The first-order valence-electron chi connectivity index (χ1n) is 10.2. The van der Waals surface area contributed by atoms with Gasteiger partial charge in [0.2, 0.25) is 0 Å². The number of carbonyl (C=O) groups is 2. The highest BCUT2D eigenvalue weighted by Gasteiger charge is 2.33. The van der Waals surface area contributed by atoms with Crippen LogP contribution in [0.25, 0.3) is 6.08 Å². The van der Waals surface area contributed by atoms with Gasteiger partial charge in [-0.3, -0.25) is 14.5 Å². The van der Waals surface area contributed by atoms with Gasteiger partial charge in [-0.1, -0.05) is 65.4 Å². The number of hydrogen-bond donors (Lipinski definition) is 1. The molecule has 0 bridgehead atoms. The summed E-state index contributed by atoms with van der Waals surface area (Å²) in [6, 6.07) is 19.2. The molecule has 1 fully saturated rings. The summed E-state index contributed by atoms with van der Waals surface area (Å²) in [6.07, 6.45) is 1.69. The van der Waals surface area contributed by atoms with Crippen molar-refractivity contribution in [1.29, 1.82) is 0 Å². The van der Waals surface area contributed by atoms with Crippen LogP contribution in [0.1, 0.15) is 5.56 Å². The second kappa shape index (κ2) is 11.1. The Balaban J connectivity index is 1.49. The van der Waals surface area contributed by atoms with Crippen molar-refractivity contribution >= 4 is 80.8 Å². The normalized spacial score (nSPS) is 14.4. The van der Waals surface area contributed by atoms with Gasteiger partial charge in [0.05, 0.1) is 22.7 Å². The number of ether oxygens (including phenoxy) is 2. The zero-order valence-electron chi connectivity index (χ0n) is 18.3. The van der Waals surface area contributed by atoms with Crippen molar-refractivity contribution in [1.82, 2.24) is 0 Å². The van der Waals surface area contributed by atoms with Gasteiger partial charge in [-0.05, 0) is 60.2 Å². The molecule has 0 aliphatic carbocycles. The molecule has 0 saturated carbocycles. The number of carbonyl (C=O) groups excluding carboxylic acids is 2. The number of nitrogens with one attached hydrogen (secondary N) is 1. The molecule has 1 aliphatic rings. The molecule has 1 saturated heterocycles. The lowest BCUT2D eigenvalue weighted by molar-refractivity contribution is -0.118. The molecular formula is C25H18Cl2N2O4S2. The van der Waals surface area contributed by atoms with Gasteiger partial charge >= 0.3 is 0 Å². The summed E-state index contributed by atoms with van der Waals surface area (Å²) >= 11 is 18.9. The summed E-state index contributed by atoms with van der Waals surface area (Å²) in [5, 5.41) is 3.51. The number of methoxy groups -OCH3 is 1. The first-order valence-corrected chi connectivity index (χ1v) is 12.2. The van der Waals surface area contributed by atoms with E-state index < -0.39 is 0 Å². The molecule has 1 heterocycles. The monoisotopic (exact) mass is 544 g/mol. The number of benzene rings is 3. The lowest BCUT2D eigenvalue weighted by Gasteiger charge is -2.14. The van der Waals surface area contributed by atoms with E-state index in [0.29, 0.717) is 36.9 Å². The van der Waals surface area contributed by atoms with Crippen LogP contribution < -0.4 is 19.7 Å². The average molecular weight is 545 g/mol. The standard InChI is InChI=1S/C25H18Cl2N2O4S2/c1-32-20-12-15(13-21-24(31)29(25(34)35-21)18-5-3-2-4-6-18)11-19(27)23(20)33-14-22(30)28-17-9-7-16(26)8-10-17/h2-13H,14H2,1H3,(H,28,30)/b21-13-. The zero-order valence-corrected chi connectivity index (χ0v) is 21.4. The Morgan fingerprint density at radius 3 is 2.51 bits per heavy atom. The van der Waals surface area contributed by atoms with E-state index in [1.807, 2.05) is 30.3 Å². The minimum atomic E-state index is -0.376. The number of para-hydroxylation sites is 1. The summed E-state index contributed by atoms with van der Waals surface area (Å²) in [7, 11) is 1.46. The van der Waals surface area contributed by atoms with E-state index in [2.05, 4.69) is 5.32 Å². The third kappa shape index (κ3) is 5.97. The number of anilines is 2. The van der Waals surface area contributed by atoms with Crippen molar-refractivity contribution in [3.05, 3.63) is 87.2 Å². The van der Waals surface area contributed by atoms with Crippen molar-refractivity contribution < 1.29 is 19.1 Å². The Hall–Kier alpha value is -3.04. The Morgan fingerprint density at radius 1 is 1.11 bits per heavy atom. The summed E-state index contributed by atoms with van der Waals surface area (Å²) in [6.45, 7) is -0.284. The molecule has 1 aliphatic heterocycles. The van der Waals surface area contributed by atoms with Gasteiger partial charge in [-0.2, -0.15) is 0 Å². The summed E-state index contributed by atoms with van der Waals surface area (Å²) < 4.78 is 11.5. The molecule has 3 aromatic carbocycles. The van der Waals surface area contributed by atoms with Crippen LogP contribution in [0.2, 0.25) is 10.0 Å². The predicted octanol–water partition coefficient (Wildman–Crippen LogP) is 6.43. The zero-order chi connectivity index (χ0) is 24.9. The Labute approximate surface area is 221 Å². The fourth-order valence-corrected chi connectivity index (χ4v) is 4.95. The van der Waals surface area contributed by atoms with Gasteiger partial charge in [0.15, 0.2) is 22.4 Å². The number of nitrogens with zero attached hydrogens (tertiary/aromatic N) is 1. The third-order valence-corrected chi connectivity index (χ3v) is 6.67. The minimum Gasteiger partial charge on any atom is -0.493 e. The molecule has 0 aromatic heterocycles. The quantitative estimate of drug-likeness (QED) is 0.273. The van der Waals surface area contributed by atoms with Gasteiger partial charge in [-0.25, -0.2) is 0 Å². The van der Waals surface area contributed by atoms with Crippen LogP contribution in [0.4, 0.5) is 11.4 Å². The molecule has 0 radical (unpaired) electrons. The summed E-state index contributed by atoms with van der Waals surface area (Å²) in [4.78, 5) is 27.2. The second-order valence-corrected chi connectivity index (χ2v) is 9.75. The molecular weight excluding hydrogens is 527 g/mol. The van der Waals surface area contributed by atoms with Gasteiger partial charge in [-0.15, -0.1) is 0 Å². The molecule has 35 heavy (non-hydrogen) atoms. The minimum absolute atomic E-state index is 0.217. The van der Waals surface area contributed by atoms with Crippen LogP contribution in [-0.2, 0) is 9.59 Å². The van der Waals surface area contributed by atoms with Crippen LogP contribution in [0.15, 0.2) is 71.6 Å². The third-order valence-electron chi connectivity index (χ3n) is 4.83. The molecule has 4 rings (SSSR count). The molecule has 0 unspecified atom stereocenters. The Bertz CT molecular complexity index is 1320. The number of rotatable bonds is 7. The maximum Gasteiger partial charge on any atom is 0.270 e. The van der Waals surface area contributed by atoms with Crippen LogP contribution >= 0.6 is 47.2 Å². The summed E-state index contributed by atoms with van der Waals surface area (Å²) in [5.41, 5.74) is 1.91. The van der Waals surface area contributed by atoms with Crippen molar-refractivity contribution in [3.63, 3.8) is 0 Å². The fraction of sp³-hybridized carbons (Fsp3) is 0.0800. The molecule has 3 aromatic rings. The molecule has 10 heteroatoms. The van der Waals surface area contributed by atoms with E-state index in [1.54, 1.807) is 42.5 Å². The molecule has 0 atom stereocenters. The molecule has 6 nitrogen and oxygen atoms in total. The molecule has 2 amide bonds. The number of halogens is 2. The molecule has 0 spiro atoms. The van der Waals surface area contributed by atoms with Gasteiger partial charge in [0, 0.05) is 10.7 Å². The van der Waals surface area contributed by atoms with E-state index >= 15 is 0 Å². The van der Waals surface area contributed by atoms with Crippen molar-refractivity contribution in [3.8, 4) is 11.5 Å². The van der Waals surface area contributed by atoms with Gasteiger partial charge in [0.1, 0.15) is 0 Å². The Kier molecular flexibility index (Phi) is 7.97. The lowest BCUT2D eigenvalue weighted by atomic mass is 10.1. The fourth-order valence-electron chi connectivity index (χ4n) is 3.25. The number of thiocarbonyl (C=S) groups is 1. The Morgan fingerprint density at radius 2 is 1.83 bits per heavy atom. The molecule has 178 valence electrons. The predicted molar refractivity (Wildman–Crippen MR) is 146 cm³/mol. The van der Waals surface area contributed by atoms with Crippen LogP contribution in [-0.4, -0.2) is 29.9 Å². The van der Waals surface area contributed by atoms with Gasteiger partial charge in [0.25, 0.3) is 11.8 Å².